The number of ether oxygens (including phenoxy) is 1. The number of anilines is 1. The number of carboxylic acid groups (broad SMARTS) is 1. The van der Waals surface area contributed by atoms with Crippen LogP contribution in [0.2, 0.25) is 0 Å². The highest BCUT2D eigenvalue weighted by atomic mass is 32.2. The predicted molar refractivity (Wildman–Crippen MR) is 211 cm³/mol. The first-order valence-corrected chi connectivity index (χ1v) is 23.5. The summed E-state index contributed by atoms with van der Waals surface area (Å²) in [5.74, 6) is -2.14. The molecule has 1 saturated heterocycles. The topological polar surface area (TPSA) is 401 Å². The molecule has 11 N–H and O–H groups in total. The van der Waals surface area contributed by atoms with Crippen LogP contribution in [0.1, 0.15) is 52.2 Å². The number of thioether (sulfide) groups is 1. The molecule has 2 amide bonds. The third kappa shape index (κ3) is 17.7. The summed E-state index contributed by atoms with van der Waals surface area (Å²) in [6.45, 7) is 0.373. The van der Waals surface area contributed by atoms with Gasteiger partial charge in [-0.2, -0.15) is 4.31 Å². The number of carbonyl (C=O) groups is 4. The second kappa shape index (κ2) is 23.3. The molecule has 3 heterocycles. The normalized spacial score (nSPS) is 21.0. The third-order valence-corrected chi connectivity index (χ3v) is 12.2. The van der Waals surface area contributed by atoms with E-state index in [1.165, 1.54) is 19.9 Å². The number of aliphatic hydroxyl groups excluding tert-OH is 2. The summed E-state index contributed by atoms with van der Waals surface area (Å²) in [5.41, 5.74) is 4.23. The molecule has 7 unspecified atom stereocenters. The zero-order valence-corrected chi connectivity index (χ0v) is 36.1. The van der Waals surface area contributed by atoms with Gasteiger partial charge < -0.3 is 56.0 Å². The number of amides is 2. The highest BCUT2D eigenvalue weighted by molar-refractivity contribution is 8.13. The van der Waals surface area contributed by atoms with Crippen LogP contribution in [-0.2, 0) is 55.5 Å². The summed E-state index contributed by atoms with van der Waals surface area (Å²) >= 11 is 1.04. The minimum atomic E-state index is -5.59. The van der Waals surface area contributed by atoms with Crippen molar-refractivity contribution in [3.63, 3.8) is 0 Å². The van der Waals surface area contributed by atoms with E-state index < -0.39 is 90.5 Å². The summed E-state index contributed by atoms with van der Waals surface area (Å²) in [6.07, 6.45) is 1.07. The lowest BCUT2D eigenvalue weighted by molar-refractivity contribution is -0.137. The number of carboxylic acids is 1. The number of rotatable bonds is 26. The van der Waals surface area contributed by atoms with Gasteiger partial charge in [0.25, 0.3) is 0 Å². The minimum absolute atomic E-state index is 0.0225. The maximum absolute atomic E-state index is 12.7. The van der Waals surface area contributed by atoms with Crippen molar-refractivity contribution < 1.29 is 90.4 Å². The smallest absolute Gasteiger partial charge is 0.481 e. The largest absolute Gasteiger partial charge is 0.481 e. The molecule has 0 saturated carbocycles. The number of nitrogens with one attached hydrogen (secondary N) is 2. The number of allylic oxidation sites excluding steroid dienone is 3. The van der Waals surface area contributed by atoms with Crippen LogP contribution in [0, 0.1) is 5.41 Å². The molecule has 26 nitrogen and oxygen atoms in total. The van der Waals surface area contributed by atoms with Crippen LogP contribution in [0.15, 0.2) is 37.0 Å². The number of aliphatic carboxylic acids is 1. The van der Waals surface area contributed by atoms with Crippen molar-refractivity contribution in [3.8, 4) is 0 Å². The van der Waals surface area contributed by atoms with Crippen molar-refractivity contribution in [3.05, 3.63) is 37.0 Å². The first kappa shape index (κ1) is 51.9. The van der Waals surface area contributed by atoms with Crippen LogP contribution in [0.5, 0.6) is 0 Å². The van der Waals surface area contributed by atoms with Gasteiger partial charge in [-0.3, -0.25) is 37.3 Å². The number of nitrogens with zero attached hydrogens (tertiary/aromatic N) is 4. The van der Waals surface area contributed by atoms with Gasteiger partial charge in [-0.25, -0.2) is 28.6 Å². The quantitative estimate of drug-likeness (QED) is 0.0347. The van der Waals surface area contributed by atoms with Gasteiger partial charge >= 0.3 is 29.4 Å². The number of hydrogen-bond donors (Lipinski definition) is 10. The molecule has 2 aromatic heterocycles. The number of imidazole rings is 1. The summed E-state index contributed by atoms with van der Waals surface area (Å²) in [7, 11) is -16.4. The third-order valence-electron chi connectivity index (χ3n) is 8.19. The van der Waals surface area contributed by atoms with E-state index in [1.807, 2.05) is 6.08 Å². The number of nitrogen functional groups attached to an aromatic ring is 1. The zero-order chi connectivity index (χ0) is 45.6. The van der Waals surface area contributed by atoms with Gasteiger partial charge in [0.15, 0.2) is 22.8 Å². The molecule has 1 aliphatic heterocycles. The number of aliphatic hydroxyl groups is 2. The second-order valence-electron chi connectivity index (χ2n) is 13.6. The number of hydrogen-bond acceptors (Lipinski definition) is 19. The fourth-order valence-corrected chi connectivity index (χ4v) is 8.70. The van der Waals surface area contributed by atoms with Crippen molar-refractivity contribution in [2.75, 3.05) is 37.8 Å². The van der Waals surface area contributed by atoms with E-state index >= 15 is 0 Å². The molecule has 0 radical (unpaired) electrons. The maximum atomic E-state index is 12.7. The number of fused-ring (bicyclic) bond motifs is 1. The first-order valence-electron chi connectivity index (χ1n) is 18.0. The molecule has 1 aliphatic rings. The Morgan fingerprint density at radius 3 is 2.39 bits per heavy atom. The predicted octanol–water partition coefficient (Wildman–Crippen LogP) is 0.422. The van der Waals surface area contributed by atoms with E-state index in [0.29, 0.717) is 25.0 Å². The van der Waals surface area contributed by atoms with E-state index in [1.54, 1.807) is 12.2 Å². The Bertz CT molecular complexity index is 2050. The van der Waals surface area contributed by atoms with Crippen molar-refractivity contribution in [1.82, 2.24) is 30.2 Å². The van der Waals surface area contributed by atoms with Crippen LogP contribution >= 0.6 is 35.2 Å². The molecular weight excluding hydrogens is 899 g/mol. The van der Waals surface area contributed by atoms with Crippen LogP contribution in [0.4, 0.5) is 5.82 Å². The lowest BCUT2D eigenvalue weighted by Crippen LogP contribution is -2.46. The van der Waals surface area contributed by atoms with Gasteiger partial charge in [0.2, 0.25) is 11.8 Å². The standard InChI is InChI=1S/C31H48N7O19P3S/c1-31(2,26(44)29(45)34-12-11-20(39)33-13-14-61-22(42)10-8-6-4-3-5-7-9-21(40)41)16-54-60(51,52)57-59(49,50)53-15-19-25(56-58(46,47)48)24(43)30(55-19)38-18-37-23-27(32)35-17-36-28(23)38/h3-5,7,17-19,24-26,30,43-44H,6,8-16H2,1-2H3,(H,33,39)(H,34,45)(H,40,41)(H,49,50)(H,51,52)(H2,32,35,36)(H2,46,47,48)/b4-3+,7-5+. The summed E-state index contributed by atoms with van der Waals surface area (Å²) in [6, 6.07) is 0. The van der Waals surface area contributed by atoms with Crippen molar-refractivity contribution in [2.45, 2.75) is 76.6 Å². The van der Waals surface area contributed by atoms with Gasteiger partial charge in [0.1, 0.15) is 36.3 Å². The van der Waals surface area contributed by atoms with Gasteiger partial charge in [-0.15, -0.1) is 0 Å². The Labute approximate surface area is 351 Å². The van der Waals surface area contributed by atoms with Gasteiger partial charge in [0, 0.05) is 37.1 Å². The average molecular weight is 948 g/mol. The van der Waals surface area contributed by atoms with Gasteiger partial charge in [-0.05, 0) is 12.8 Å². The van der Waals surface area contributed by atoms with Crippen molar-refractivity contribution in [1.29, 1.82) is 0 Å². The van der Waals surface area contributed by atoms with E-state index in [2.05, 4.69) is 34.4 Å². The Morgan fingerprint density at radius 2 is 1.70 bits per heavy atom. The lowest BCUT2D eigenvalue weighted by Gasteiger charge is -2.30. The second-order valence-corrected chi connectivity index (χ2v) is 19.0. The average Bonchev–Trinajstić information content (AvgIpc) is 3.72. The molecule has 7 atom stereocenters. The van der Waals surface area contributed by atoms with E-state index in [0.717, 1.165) is 29.0 Å². The number of phosphoric acid groups is 3. The summed E-state index contributed by atoms with van der Waals surface area (Å²) in [4.78, 5) is 98.2. The number of carbonyl (C=O) groups excluding carboxylic acids is 3. The van der Waals surface area contributed by atoms with Crippen LogP contribution < -0.4 is 16.4 Å². The molecule has 0 spiro atoms. The van der Waals surface area contributed by atoms with Crippen LogP contribution in [0.3, 0.4) is 0 Å². The van der Waals surface area contributed by atoms with Crippen molar-refractivity contribution >= 4 is 75.1 Å². The highest BCUT2D eigenvalue weighted by Crippen LogP contribution is 2.61. The molecule has 342 valence electrons. The lowest BCUT2D eigenvalue weighted by atomic mass is 9.87. The van der Waals surface area contributed by atoms with Crippen LogP contribution in [-0.4, -0.2) is 134 Å². The zero-order valence-electron chi connectivity index (χ0n) is 32.6. The fraction of sp³-hybridized carbons (Fsp3) is 0.581. The Morgan fingerprint density at radius 1 is 1.02 bits per heavy atom. The van der Waals surface area contributed by atoms with Crippen LogP contribution in [0.25, 0.3) is 11.2 Å². The maximum Gasteiger partial charge on any atom is 0.481 e. The summed E-state index contributed by atoms with van der Waals surface area (Å²) in [5, 5.41) is 34.9. The number of aromatic nitrogens is 4. The monoisotopic (exact) mass is 947 g/mol. The number of unbranched alkanes of at least 4 members (excludes halogenated alkanes) is 1. The Balaban J connectivity index is 1.40. The Kier molecular flexibility index (Phi) is 19.8. The van der Waals surface area contributed by atoms with Crippen molar-refractivity contribution in [2.24, 2.45) is 5.41 Å². The SMILES string of the molecule is CC(C)(COP(=O)(O)OP(=O)(O)OCC1OC(n2cnc3c(N)ncnc32)C(O)C1OP(=O)(O)O)C(O)C(=O)NCCC(=O)NCCSC(=O)CCC/C=C/C=C/CC(=O)O. The molecule has 0 bridgehead atoms. The minimum Gasteiger partial charge on any atom is -0.481 e. The molecular formula is C31H48N7O19P3S. The molecule has 1 fully saturated rings. The molecule has 0 aliphatic carbocycles. The highest BCUT2D eigenvalue weighted by Gasteiger charge is 2.50. The molecule has 2 aromatic rings. The van der Waals surface area contributed by atoms with E-state index in [9.17, 15) is 62.7 Å². The summed E-state index contributed by atoms with van der Waals surface area (Å²) < 4.78 is 62.1. The first-order chi connectivity index (χ1) is 28.4. The van der Waals surface area contributed by atoms with Gasteiger partial charge in [-0.1, -0.05) is 49.9 Å². The van der Waals surface area contributed by atoms with E-state index in [4.69, 9.17) is 24.6 Å². The Hall–Kier alpha value is -3.49. The number of phosphoric ester groups is 3. The molecule has 30 heteroatoms. The molecule has 0 aromatic carbocycles. The van der Waals surface area contributed by atoms with Gasteiger partial charge in [0.05, 0.1) is 26.0 Å². The molecule has 3 rings (SSSR count). The molecule has 61 heavy (non-hydrogen) atoms. The number of nitrogens with two attached hydrogens (primary N) is 1. The fourth-order valence-electron chi connectivity index (χ4n) is 5.15. The van der Waals surface area contributed by atoms with E-state index in [-0.39, 0.29) is 48.0 Å².